The summed E-state index contributed by atoms with van der Waals surface area (Å²) in [7, 11) is 0. The molecule has 0 saturated carbocycles. The number of benzene rings is 2. The molecule has 1 amide bonds. The van der Waals surface area contributed by atoms with Gasteiger partial charge in [-0.15, -0.1) is 0 Å². The molecule has 1 aliphatic heterocycles. The molecule has 1 atom stereocenters. The van der Waals surface area contributed by atoms with E-state index in [0.717, 1.165) is 24.3 Å². The van der Waals surface area contributed by atoms with Crippen molar-refractivity contribution in [2.45, 2.75) is 19.5 Å². The molecule has 0 unspecified atom stereocenters. The van der Waals surface area contributed by atoms with E-state index in [2.05, 4.69) is 22.1 Å². The first-order chi connectivity index (χ1) is 14.5. The van der Waals surface area contributed by atoms with Gasteiger partial charge in [0.2, 0.25) is 0 Å². The fourth-order valence-electron chi connectivity index (χ4n) is 3.76. The molecule has 2 heterocycles. The fourth-order valence-corrected chi connectivity index (χ4v) is 3.76. The second kappa shape index (κ2) is 8.59. The molecular formula is C23H23FN4O2. The van der Waals surface area contributed by atoms with Crippen LogP contribution in [0.3, 0.4) is 0 Å². The monoisotopic (exact) mass is 406 g/mol. The number of hydrogen-bond donors (Lipinski definition) is 0. The van der Waals surface area contributed by atoms with Gasteiger partial charge in [0, 0.05) is 38.3 Å². The van der Waals surface area contributed by atoms with Crippen LogP contribution in [0.1, 0.15) is 23.0 Å². The average molecular weight is 406 g/mol. The average Bonchev–Trinajstić information content (AvgIpc) is 2.75. The minimum Gasteiger partial charge on any atom is -0.332 e. The van der Waals surface area contributed by atoms with Crippen LogP contribution in [0.5, 0.6) is 0 Å². The quantitative estimate of drug-likeness (QED) is 0.669. The van der Waals surface area contributed by atoms with Crippen LogP contribution in [0.4, 0.5) is 4.39 Å². The molecular weight excluding hydrogens is 383 g/mol. The number of halogens is 1. The van der Waals surface area contributed by atoms with Crippen LogP contribution in [0, 0.1) is 5.82 Å². The molecule has 1 fully saturated rings. The molecule has 3 aromatic rings. The first-order valence-corrected chi connectivity index (χ1v) is 9.95. The fraction of sp³-hybridized carbons (Fsp3) is 0.261. The van der Waals surface area contributed by atoms with Crippen LogP contribution in [0.25, 0.3) is 5.69 Å². The zero-order chi connectivity index (χ0) is 21.1. The third-order valence-electron chi connectivity index (χ3n) is 5.31. The molecule has 7 heteroatoms. The van der Waals surface area contributed by atoms with Gasteiger partial charge in [0.05, 0.1) is 5.69 Å². The lowest BCUT2D eigenvalue weighted by Gasteiger charge is -2.39. The van der Waals surface area contributed by atoms with Crippen LogP contribution >= 0.6 is 0 Å². The van der Waals surface area contributed by atoms with Gasteiger partial charge in [-0.2, -0.15) is 9.78 Å². The smallest absolute Gasteiger partial charge is 0.274 e. The van der Waals surface area contributed by atoms with Crippen LogP contribution < -0.4 is 5.56 Å². The summed E-state index contributed by atoms with van der Waals surface area (Å²) >= 11 is 0. The second-order valence-electron chi connectivity index (χ2n) is 7.51. The summed E-state index contributed by atoms with van der Waals surface area (Å²) in [5.74, 6) is -0.612. The van der Waals surface area contributed by atoms with Crippen LogP contribution in [0.2, 0.25) is 0 Å². The molecule has 0 radical (unpaired) electrons. The maximum atomic E-state index is 13.2. The zero-order valence-electron chi connectivity index (χ0n) is 16.7. The Morgan fingerprint density at radius 1 is 1.03 bits per heavy atom. The summed E-state index contributed by atoms with van der Waals surface area (Å²) in [6.45, 7) is 4.98. The van der Waals surface area contributed by atoms with Gasteiger partial charge in [-0.3, -0.25) is 14.5 Å². The summed E-state index contributed by atoms with van der Waals surface area (Å²) < 4.78 is 14.3. The third kappa shape index (κ3) is 4.31. The van der Waals surface area contributed by atoms with Crippen molar-refractivity contribution in [2.24, 2.45) is 0 Å². The molecule has 1 aromatic heterocycles. The third-order valence-corrected chi connectivity index (χ3v) is 5.31. The first kappa shape index (κ1) is 20.0. The van der Waals surface area contributed by atoms with E-state index in [-0.39, 0.29) is 23.2 Å². The highest BCUT2D eigenvalue weighted by molar-refractivity contribution is 5.92. The highest BCUT2D eigenvalue weighted by atomic mass is 19.1. The lowest BCUT2D eigenvalue weighted by Crippen LogP contribution is -2.53. The van der Waals surface area contributed by atoms with Crippen molar-refractivity contribution >= 4 is 5.91 Å². The lowest BCUT2D eigenvalue weighted by atomic mass is 10.1. The van der Waals surface area contributed by atoms with E-state index in [0.29, 0.717) is 12.2 Å². The van der Waals surface area contributed by atoms with Crippen molar-refractivity contribution in [3.8, 4) is 5.69 Å². The van der Waals surface area contributed by atoms with Gasteiger partial charge in [-0.1, -0.05) is 30.3 Å². The Balaban J connectivity index is 1.49. The van der Waals surface area contributed by atoms with Crippen molar-refractivity contribution in [1.29, 1.82) is 0 Å². The van der Waals surface area contributed by atoms with Gasteiger partial charge < -0.3 is 4.90 Å². The predicted octanol–water partition coefficient (Wildman–Crippen LogP) is 2.72. The van der Waals surface area contributed by atoms with Crippen LogP contribution in [-0.2, 0) is 6.54 Å². The molecule has 1 aliphatic rings. The maximum absolute atomic E-state index is 13.2. The van der Waals surface area contributed by atoms with Gasteiger partial charge in [-0.25, -0.2) is 4.39 Å². The van der Waals surface area contributed by atoms with E-state index >= 15 is 0 Å². The second-order valence-corrected chi connectivity index (χ2v) is 7.51. The van der Waals surface area contributed by atoms with Crippen molar-refractivity contribution in [3.63, 3.8) is 0 Å². The molecule has 6 nitrogen and oxygen atoms in total. The summed E-state index contributed by atoms with van der Waals surface area (Å²) in [4.78, 5) is 29.4. The molecule has 0 spiro atoms. The van der Waals surface area contributed by atoms with Crippen molar-refractivity contribution < 1.29 is 9.18 Å². The minimum absolute atomic E-state index is 0.0166. The SMILES string of the molecule is C[C@@H]1CN(Cc2ccccc2)CCN1C(=O)c1ccc(=O)n(-c2ccc(F)cc2)n1. The number of nitrogens with zero attached hydrogens (tertiary/aromatic N) is 4. The van der Waals surface area contributed by atoms with E-state index in [1.165, 1.54) is 42.0 Å². The Morgan fingerprint density at radius 3 is 2.47 bits per heavy atom. The van der Waals surface area contributed by atoms with Gasteiger partial charge in [0.25, 0.3) is 11.5 Å². The maximum Gasteiger partial charge on any atom is 0.274 e. The number of rotatable bonds is 4. The van der Waals surface area contributed by atoms with E-state index in [4.69, 9.17) is 0 Å². The van der Waals surface area contributed by atoms with E-state index in [1.54, 1.807) is 4.90 Å². The largest absolute Gasteiger partial charge is 0.332 e. The van der Waals surface area contributed by atoms with Crippen LogP contribution in [-0.4, -0.2) is 51.2 Å². The first-order valence-electron chi connectivity index (χ1n) is 9.95. The Kier molecular flexibility index (Phi) is 5.72. The summed E-state index contributed by atoms with van der Waals surface area (Å²) in [5.41, 5.74) is 1.48. The lowest BCUT2D eigenvalue weighted by molar-refractivity contribution is 0.0468. The normalized spacial score (nSPS) is 17.1. The van der Waals surface area contributed by atoms with E-state index < -0.39 is 5.82 Å². The summed E-state index contributed by atoms with van der Waals surface area (Å²) in [6.07, 6.45) is 0. The van der Waals surface area contributed by atoms with Gasteiger partial charge >= 0.3 is 0 Å². The zero-order valence-corrected chi connectivity index (χ0v) is 16.7. The Morgan fingerprint density at radius 2 is 1.77 bits per heavy atom. The number of piperazine rings is 1. The topological polar surface area (TPSA) is 58.4 Å². The van der Waals surface area contributed by atoms with Crippen molar-refractivity contribution in [3.05, 3.63) is 94.2 Å². The number of aromatic nitrogens is 2. The van der Waals surface area contributed by atoms with E-state index in [1.807, 2.05) is 25.1 Å². The number of carbonyl (C=O) groups excluding carboxylic acids is 1. The molecule has 2 aromatic carbocycles. The molecule has 1 saturated heterocycles. The van der Waals surface area contributed by atoms with Gasteiger partial charge in [0.1, 0.15) is 11.5 Å². The van der Waals surface area contributed by atoms with Crippen LogP contribution in [0.15, 0.2) is 71.5 Å². The number of carbonyl (C=O) groups is 1. The molecule has 0 bridgehead atoms. The molecule has 4 rings (SSSR count). The number of amides is 1. The van der Waals surface area contributed by atoms with Crippen molar-refractivity contribution in [2.75, 3.05) is 19.6 Å². The van der Waals surface area contributed by atoms with Gasteiger partial charge in [-0.05, 0) is 42.8 Å². The summed E-state index contributed by atoms with van der Waals surface area (Å²) in [5, 5.41) is 4.25. The standard InChI is InChI=1S/C23H23FN4O2/c1-17-15-26(16-18-5-3-2-4-6-18)13-14-27(17)23(30)21-11-12-22(29)28(25-21)20-9-7-19(24)8-10-20/h2-12,17H,13-16H2,1H3/t17-/m1/s1. The minimum atomic E-state index is -0.402. The number of hydrogen-bond acceptors (Lipinski definition) is 4. The molecule has 0 N–H and O–H groups in total. The molecule has 30 heavy (non-hydrogen) atoms. The van der Waals surface area contributed by atoms with Gasteiger partial charge in [0.15, 0.2) is 0 Å². The highest BCUT2D eigenvalue weighted by Crippen LogP contribution is 2.16. The summed E-state index contributed by atoms with van der Waals surface area (Å²) in [6, 6.07) is 18.5. The predicted molar refractivity (Wildman–Crippen MR) is 112 cm³/mol. The molecule has 154 valence electrons. The van der Waals surface area contributed by atoms with Crippen molar-refractivity contribution in [1.82, 2.24) is 19.6 Å². The Labute approximate surface area is 174 Å². The Bertz CT molecular complexity index is 1080. The Hall–Kier alpha value is -3.32. The highest BCUT2D eigenvalue weighted by Gasteiger charge is 2.29. The van der Waals surface area contributed by atoms with E-state index in [9.17, 15) is 14.0 Å². The molecule has 0 aliphatic carbocycles.